The van der Waals surface area contributed by atoms with E-state index in [1.807, 2.05) is 0 Å². The van der Waals surface area contributed by atoms with Crippen molar-refractivity contribution in [3.05, 3.63) is 34.9 Å². The summed E-state index contributed by atoms with van der Waals surface area (Å²) in [5.74, 6) is 0. The molecule has 1 aliphatic heterocycles. The third-order valence-corrected chi connectivity index (χ3v) is 3.93. The van der Waals surface area contributed by atoms with Gasteiger partial charge in [-0.1, -0.05) is 29.8 Å². The Hall–Kier alpha value is -0.730. The van der Waals surface area contributed by atoms with Gasteiger partial charge in [-0.3, -0.25) is 0 Å². The van der Waals surface area contributed by atoms with E-state index in [1.165, 1.54) is 0 Å². The molecule has 1 aromatic carbocycles. The standard InChI is InChI=1S/C13H17ClO6/c14-8-4-2-1-3-7(8)5-13(19)11(17)10(16)9(6-15)20-12(13)18/h1-4,9-12,15-19H,5-6H2/t9-,10-,11+,12?,13-/m1/s1. The Morgan fingerprint density at radius 3 is 2.45 bits per heavy atom. The van der Waals surface area contributed by atoms with E-state index in [2.05, 4.69) is 0 Å². The lowest BCUT2D eigenvalue weighted by Gasteiger charge is -2.46. The second kappa shape index (κ2) is 5.95. The second-order valence-corrected chi connectivity index (χ2v) is 5.31. The lowest BCUT2D eigenvalue weighted by molar-refractivity contribution is -0.328. The molecule has 5 N–H and O–H groups in total. The fraction of sp³-hybridized carbons (Fsp3) is 0.538. The Bertz CT molecular complexity index is 470. The van der Waals surface area contributed by atoms with Gasteiger partial charge in [0, 0.05) is 11.4 Å². The Morgan fingerprint density at radius 1 is 1.20 bits per heavy atom. The molecule has 1 saturated heterocycles. The molecule has 5 atom stereocenters. The van der Waals surface area contributed by atoms with Crippen molar-refractivity contribution in [1.82, 2.24) is 0 Å². The summed E-state index contributed by atoms with van der Waals surface area (Å²) in [5.41, 5.74) is -1.62. The summed E-state index contributed by atoms with van der Waals surface area (Å²) < 4.78 is 4.95. The maximum absolute atomic E-state index is 10.4. The quantitative estimate of drug-likeness (QED) is 0.492. The van der Waals surface area contributed by atoms with Crippen LogP contribution in [0.3, 0.4) is 0 Å². The molecule has 6 nitrogen and oxygen atoms in total. The van der Waals surface area contributed by atoms with Crippen molar-refractivity contribution < 1.29 is 30.3 Å². The van der Waals surface area contributed by atoms with E-state index in [-0.39, 0.29) is 6.42 Å². The fourth-order valence-corrected chi connectivity index (χ4v) is 2.50. The maximum Gasteiger partial charge on any atom is 0.187 e. The number of aliphatic hydroxyl groups excluding tert-OH is 4. The molecule has 0 saturated carbocycles. The summed E-state index contributed by atoms with van der Waals surface area (Å²) >= 11 is 5.98. The zero-order valence-corrected chi connectivity index (χ0v) is 11.3. The Morgan fingerprint density at radius 2 is 1.85 bits per heavy atom. The van der Waals surface area contributed by atoms with Crippen LogP contribution in [-0.4, -0.2) is 62.3 Å². The molecule has 20 heavy (non-hydrogen) atoms. The molecule has 1 heterocycles. The highest BCUT2D eigenvalue weighted by atomic mass is 35.5. The van der Waals surface area contributed by atoms with Gasteiger partial charge >= 0.3 is 0 Å². The number of benzene rings is 1. The largest absolute Gasteiger partial charge is 0.394 e. The van der Waals surface area contributed by atoms with Crippen molar-refractivity contribution in [2.24, 2.45) is 0 Å². The minimum atomic E-state index is -2.11. The normalized spacial score (nSPS) is 37.9. The van der Waals surface area contributed by atoms with Gasteiger partial charge in [0.25, 0.3) is 0 Å². The zero-order valence-electron chi connectivity index (χ0n) is 10.6. The third-order valence-electron chi connectivity index (χ3n) is 3.56. The first-order valence-corrected chi connectivity index (χ1v) is 6.54. The molecule has 0 bridgehead atoms. The van der Waals surface area contributed by atoms with Crippen molar-refractivity contribution in [2.75, 3.05) is 6.61 Å². The Balaban J connectivity index is 2.26. The molecular formula is C13H17ClO6. The number of hydrogen-bond acceptors (Lipinski definition) is 6. The average Bonchev–Trinajstić information content (AvgIpc) is 2.43. The maximum atomic E-state index is 10.4. The van der Waals surface area contributed by atoms with Crippen LogP contribution in [-0.2, 0) is 11.2 Å². The van der Waals surface area contributed by atoms with E-state index in [9.17, 15) is 20.4 Å². The minimum absolute atomic E-state index is 0.204. The van der Waals surface area contributed by atoms with Gasteiger partial charge in [-0.15, -0.1) is 0 Å². The molecule has 1 fully saturated rings. The van der Waals surface area contributed by atoms with Crippen molar-refractivity contribution >= 4 is 11.6 Å². The first kappa shape index (κ1) is 15.7. The van der Waals surface area contributed by atoms with Crippen molar-refractivity contribution in [1.29, 1.82) is 0 Å². The van der Waals surface area contributed by atoms with Gasteiger partial charge in [-0.2, -0.15) is 0 Å². The SMILES string of the molecule is OC[C@H]1OC(O)[C@@](O)(Cc2ccccc2Cl)[C@@H](O)[C@@H]1O. The predicted octanol–water partition coefficient (Wildman–Crippen LogP) is -0.955. The van der Waals surface area contributed by atoms with Gasteiger partial charge in [0.05, 0.1) is 6.61 Å². The van der Waals surface area contributed by atoms with Crippen LogP contribution in [0.2, 0.25) is 5.02 Å². The lowest BCUT2D eigenvalue weighted by Crippen LogP contribution is -2.67. The van der Waals surface area contributed by atoms with Crippen molar-refractivity contribution in [3.63, 3.8) is 0 Å². The summed E-state index contributed by atoms with van der Waals surface area (Å²) in [4.78, 5) is 0. The second-order valence-electron chi connectivity index (χ2n) is 4.90. The van der Waals surface area contributed by atoms with E-state index < -0.39 is 36.8 Å². The van der Waals surface area contributed by atoms with Crippen LogP contribution >= 0.6 is 11.6 Å². The predicted molar refractivity (Wildman–Crippen MR) is 70.1 cm³/mol. The first-order chi connectivity index (χ1) is 9.40. The number of rotatable bonds is 3. The molecule has 0 spiro atoms. The summed E-state index contributed by atoms with van der Waals surface area (Å²) in [7, 11) is 0. The monoisotopic (exact) mass is 304 g/mol. The molecule has 1 aromatic rings. The van der Waals surface area contributed by atoms with E-state index in [4.69, 9.17) is 21.4 Å². The Labute approximate surface area is 120 Å². The summed E-state index contributed by atoms with van der Waals surface area (Å²) in [6.45, 7) is -0.586. The summed E-state index contributed by atoms with van der Waals surface area (Å²) in [6, 6.07) is 6.64. The molecule has 0 radical (unpaired) electrons. The fourth-order valence-electron chi connectivity index (χ4n) is 2.30. The van der Waals surface area contributed by atoms with Gasteiger partial charge in [0.1, 0.15) is 23.9 Å². The molecule has 1 unspecified atom stereocenters. The van der Waals surface area contributed by atoms with Crippen molar-refractivity contribution in [3.8, 4) is 0 Å². The van der Waals surface area contributed by atoms with E-state index >= 15 is 0 Å². The van der Waals surface area contributed by atoms with E-state index in [1.54, 1.807) is 24.3 Å². The Kier molecular flexibility index (Phi) is 4.66. The van der Waals surface area contributed by atoms with Crippen LogP contribution < -0.4 is 0 Å². The van der Waals surface area contributed by atoms with E-state index in [0.29, 0.717) is 10.6 Å². The van der Waals surface area contributed by atoms with Crippen LogP contribution in [0.5, 0.6) is 0 Å². The average molecular weight is 305 g/mol. The number of aliphatic hydroxyl groups is 5. The first-order valence-electron chi connectivity index (χ1n) is 6.16. The molecule has 112 valence electrons. The van der Waals surface area contributed by atoms with E-state index in [0.717, 1.165) is 0 Å². The van der Waals surface area contributed by atoms with Crippen LogP contribution in [0.15, 0.2) is 24.3 Å². The van der Waals surface area contributed by atoms with Gasteiger partial charge in [0.2, 0.25) is 0 Å². The van der Waals surface area contributed by atoms with Gasteiger partial charge < -0.3 is 30.3 Å². The highest BCUT2D eigenvalue weighted by Gasteiger charge is 2.54. The molecule has 2 rings (SSSR count). The number of halogens is 1. The molecule has 1 aliphatic rings. The molecule has 0 aliphatic carbocycles. The van der Waals surface area contributed by atoms with Gasteiger partial charge in [-0.25, -0.2) is 0 Å². The zero-order chi connectivity index (χ0) is 14.9. The smallest absolute Gasteiger partial charge is 0.187 e. The van der Waals surface area contributed by atoms with Crippen molar-refractivity contribution in [2.45, 2.75) is 36.6 Å². The molecular weight excluding hydrogens is 288 g/mol. The lowest BCUT2D eigenvalue weighted by atomic mass is 9.82. The highest BCUT2D eigenvalue weighted by Crippen LogP contribution is 2.33. The molecule has 0 aromatic heterocycles. The number of ether oxygens (including phenoxy) is 1. The third kappa shape index (κ3) is 2.68. The minimum Gasteiger partial charge on any atom is -0.394 e. The van der Waals surface area contributed by atoms with Crippen LogP contribution in [0.1, 0.15) is 5.56 Å². The van der Waals surface area contributed by atoms with Gasteiger partial charge in [0.15, 0.2) is 6.29 Å². The molecule has 7 heteroatoms. The molecule has 0 amide bonds. The van der Waals surface area contributed by atoms with Crippen LogP contribution in [0.4, 0.5) is 0 Å². The highest BCUT2D eigenvalue weighted by molar-refractivity contribution is 6.31. The van der Waals surface area contributed by atoms with Crippen LogP contribution in [0.25, 0.3) is 0 Å². The summed E-state index contributed by atoms with van der Waals surface area (Å²) in [6.07, 6.45) is -6.32. The van der Waals surface area contributed by atoms with Crippen LogP contribution in [0, 0.1) is 0 Å². The summed E-state index contributed by atoms with van der Waals surface area (Å²) in [5, 5.41) is 49.5. The number of hydrogen-bond donors (Lipinski definition) is 5. The topological polar surface area (TPSA) is 110 Å². The van der Waals surface area contributed by atoms with Gasteiger partial charge in [-0.05, 0) is 11.6 Å².